The molecule has 2 aliphatic rings. The number of amides is 1. The van der Waals surface area contributed by atoms with E-state index in [4.69, 9.17) is 4.74 Å². The summed E-state index contributed by atoms with van der Waals surface area (Å²) in [6.07, 6.45) is 1.06. The summed E-state index contributed by atoms with van der Waals surface area (Å²) in [6.45, 7) is 1.12. The fourth-order valence-corrected chi connectivity index (χ4v) is 6.30. The van der Waals surface area contributed by atoms with Gasteiger partial charge in [0.1, 0.15) is 11.9 Å². The highest BCUT2D eigenvalue weighted by Crippen LogP contribution is 2.45. The molecule has 3 nitrogen and oxygen atoms in total. The molecule has 2 heterocycles. The maximum Gasteiger partial charge on any atom is 0.253 e. The fourth-order valence-electron chi connectivity index (χ4n) is 3.44. The van der Waals surface area contributed by atoms with Gasteiger partial charge in [0, 0.05) is 49.1 Å². The molecule has 0 N–H and O–H groups in total. The van der Waals surface area contributed by atoms with Crippen LogP contribution >= 0.6 is 23.5 Å². The molecule has 2 aliphatic heterocycles. The minimum atomic E-state index is -0.697. The van der Waals surface area contributed by atoms with Crippen LogP contribution in [0.3, 0.4) is 0 Å². The van der Waals surface area contributed by atoms with Crippen molar-refractivity contribution in [3.63, 3.8) is 0 Å². The molecule has 0 saturated carbocycles. The van der Waals surface area contributed by atoms with E-state index in [1.165, 1.54) is 29.2 Å². The second kappa shape index (κ2) is 8.74. The van der Waals surface area contributed by atoms with Crippen molar-refractivity contribution in [3.8, 4) is 5.75 Å². The number of hydrogen-bond acceptors (Lipinski definition) is 4. The summed E-state index contributed by atoms with van der Waals surface area (Å²) in [5.74, 6) is 1.11. The lowest BCUT2D eigenvalue weighted by Crippen LogP contribution is -2.41. The summed E-state index contributed by atoms with van der Waals surface area (Å²) < 4.78 is 32.9. The van der Waals surface area contributed by atoms with E-state index in [9.17, 15) is 13.6 Å². The van der Waals surface area contributed by atoms with Crippen LogP contribution in [-0.2, 0) is 0 Å². The highest BCUT2D eigenvalue weighted by Gasteiger charge is 2.26. The lowest BCUT2D eigenvalue weighted by atomic mass is 10.1. The van der Waals surface area contributed by atoms with Gasteiger partial charge in [0.2, 0.25) is 0 Å². The van der Waals surface area contributed by atoms with Gasteiger partial charge in [-0.15, -0.1) is 23.5 Å². The zero-order valence-electron chi connectivity index (χ0n) is 15.3. The summed E-state index contributed by atoms with van der Waals surface area (Å²) in [5, 5.41) is 0. The molecule has 2 aromatic rings. The van der Waals surface area contributed by atoms with Gasteiger partial charge in [-0.1, -0.05) is 12.1 Å². The Morgan fingerprint density at radius 1 is 1.00 bits per heavy atom. The molecular weight excluding hydrogens is 400 g/mol. The van der Waals surface area contributed by atoms with Crippen LogP contribution in [-0.4, -0.2) is 41.5 Å². The number of benzene rings is 2. The average Bonchev–Trinajstić information content (AvgIpc) is 3.25. The van der Waals surface area contributed by atoms with E-state index in [1.807, 2.05) is 40.6 Å². The fraction of sp³-hybridized carbons (Fsp3) is 0.381. The van der Waals surface area contributed by atoms with Crippen molar-refractivity contribution in [1.82, 2.24) is 4.90 Å². The van der Waals surface area contributed by atoms with E-state index >= 15 is 0 Å². The largest absolute Gasteiger partial charge is 0.487 e. The van der Waals surface area contributed by atoms with Gasteiger partial charge in [-0.3, -0.25) is 4.79 Å². The van der Waals surface area contributed by atoms with Gasteiger partial charge in [0.25, 0.3) is 5.91 Å². The second-order valence-electron chi connectivity index (χ2n) is 6.88. The van der Waals surface area contributed by atoms with Crippen molar-refractivity contribution < 1.29 is 18.3 Å². The Morgan fingerprint density at radius 2 is 1.68 bits per heavy atom. The number of rotatable bonds is 4. The lowest BCUT2D eigenvalue weighted by molar-refractivity contribution is 0.0588. The van der Waals surface area contributed by atoms with Gasteiger partial charge in [-0.2, -0.15) is 0 Å². The first-order chi connectivity index (χ1) is 13.6. The summed E-state index contributed by atoms with van der Waals surface area (Å²) >= 11 is 3.89. The average molecular weight is 422 g/mol. The Hall–Kier alpha value is -1.73. The molecule has 0 aliphatic carbocycles. The van der Waals surface area contributed by atoms with Crippen molar-refractivity contribution in [2.75, 3.05) is 24.6 Å². The monoisotopic (exact) mass is 421 g/mol. The minimum Gasteiger partial charge on any atom is -0.487 e. The normalized spacial score (nSPS) is 18.4. The van der Waals surface area contributed by atoms with Crippen molar-refractivity contribution in [2.45, 2.75) is 23.5 Å². The number of hydrogen-bond donors (Lipinski definition) is 0. The third kappa shape index (κ3) is 4.46. The highest BCUT2D eigenvalue weighted by molar-refractivity contribution is 8.19. The van der Waals surface area contributed by atoms with Crippen molar-refractivity contribution in [3.05, 3.63) is 65.2 Å². The number of carbonyl (C=O) groups excluding carboxylic acids is 1. The third-order valence-electron chi connectivity index (χ3n) is 4.97. The number of nitrogens with zero attached hydrogens (tertiary/aromatic N) is 1. The number of thioether (sulfide) groups is 2. The molecule has 0 spiro atoms. The topological polar surface area (TPSA) is 29.5 Å². The molecule has 1 amide bonds. The molecule has 0 bridgehead atoms. The van der Waals surface area contributed by atoms with Crippen LogP contribution in [0.15, 0.2) is 42.5 Å². The molecule has 2 fully saturated rings. The molecule has 0 unspecified atom stereocenters. The Labute approximate surface area is 171 Å². The van der Waals surface area contributed by atoms with E-state index in [1.54, 1.807) is 0 Å². The number of halogens is 2. The first-order valence-electron chi connectivity index (χ1n) is 9.34. The molecule has 7 heteroatoms. The maximum absolute atomic E-state index is 13.7. The van der Waals surface area contributed by atoms with Crippen LogP contribution in [0.5, 0.6) is 5.75 Å². The summed E-state index contributed by atoms with van der Waals surface area (Å²) in [4.78, 5) is 14.6. The zero-order chi connectivity index (χ0) is 19.5. The van der Waals surface area contributed by atoms with Gasteiger partial charge in [0.15, 0.2) is 11.6 Å². The minimum absolute atomic E-state index is 0.0182. The van der Waals surface area contributed by atoms with Gasteiger partial charge >= 0.3 is 0 Å². The lowest BCUT2D eigenvalue weighted by Gasteiger charge is -2.32. The first-order valence-corrected chi connectivity index (χ1v) is 11.4. The van der Waals surface area contributed by atoms with E-state index in [0.29, 0.717) is 36.1 Å². The predicted molar refractivity (Wildman–Crippen MR) is 110 cm³/mol. The van der Waals surface area contributed by atoms with Gasteiger partial charge in [-0.25, -0.2) is 8.78 Å². The van der Waals surface area contributed by atoms with E-state index in [2.05, 4.69) is 12.1 Å². The van der Waals surface area contributed by atoms with Crippen molar-refractivity contribution in [2.24, 2.45) is 0 Å². The summed E-state index contributed by atoms with van der Waals surface area (Å²) in [5.41, 5.74) is 1.96. The predicted octanol–water partition coefficient (Wildman–Crippen LogP) is 5.13. The van der Waals surface area contributed by atoms with Crippen LogP contribution in [0.1, 0.15) is 33.3 Å². The molecule has 2 aromatic carbocycles. The SMILES string of the molecule is O=C(c1ccc(C2SCCS2)cc1)N1CCC(Oc2ccc(F)cc2F)CC1. The Morgan fingerprint density at radius 3 is 2.32 bits per heavy atom. The molecule has 28 heavy (non-hydrogen) atoms. The van der Waals surface area contributed by atoms with Crippen LogP contribution < -0.4 is 4.74 Å². The van der Waals surface area contributed by atoms with E-state index < -0.39 is 11.6 Å². The Bertz CT molecular complexity index is 833. The zero-order valence-corrected chi connectivity index (χ0v) is 16.9. The van der Waals surface area contributed by atoms with E-state index in [0.717, 1.165) is 6.07 Å². The second-order valence-corrected chi connectivity index (χ2v) is 9.60. The molecular formula is C21H21F2NO2S2. The van der Waals surface area contributed by atoms with Crippen molar-refractivity contribution in [1.29, 1.82) is 0 Å². The summed E-state index contributed by atoms with van der Waals surface area (Å²) in [6, 6.07) is 11.2. The first kappa shape index (κ1) is 19.6. The molecule has 4 rings (SSSR count). The number of ether oxygens (including phenoxy) is 1. The molecule has 2 saturated heterocycles. The van der Waals surface area contributed by atoms with E-state index in [-0.39, 0.29) is 17.8 Å². The molecule has 0 aromatic heterocycles. The Kier molecular flexibility index (Phi) is 6.11. The van der Waals surface area contributed by atoms with Crippen LogP contribution in [0.25, 0.3) is 0 Å². The smallest absolute Gasteiger partial charge is 0.253 e. The molecule has 0 atom stereocenters. The van der Waals surface area contributed by atoms with Gasteiger partial charge in [-0.05, 0) is 29.8 Å². The molecule has 0 radical (unpaired) electrons. The van der Waals surface area contributed by atoms with Crippen LogP contribution in [0.2, 0.25) is 0 Å². The summed E-state index contributed by atoms with van der Waals surface area (Å²) in [7, 11) is 0. The number of likely N-dealkylation sites (tertiary alicyclic amines) is 1. The van der Waals surface area contributed by atoms with Crippen LogP contribution in [0, 0.1) is 11.6 Å². The number of carbonyl (C=O) groups is 1. The number of piperidine rings is 1. The molecule has 148 valence electrons. The Balaban J connectivity index is 1.32. The van der Waals surface area contributed by atoms with Gasteiger partial charge < -0.3 is 9.64 Å². The van der Waals surface area contributed by atoms with Crippen molar-refractivity contribution >= 4 is 29.4 Å². The highest BCUT2D eigenvalue weighted by atomic mass is 32.2. The third-order valence-corrected chi connectivity index (χ3v) is 8.07. The quantitative estimate of drug-likeness (QED) is 0.685. The van der Waals surface area contributed by atoms with Crippen LogP contribution in [0.4, 0.5) is 8.78 Å². The standard InChI is InChI=1S/C21H21F2NO2S2/c22-16-5-6-19(18(23)13-16)26-17-7-9-24(10-8-17)20(25)14-1-3-15(4-2-14)21-27-11-12-28-21/h1-6,13,17,21H,7-12H2. The van der Waals surface area contributed by atoms with Gasteiger partial charge in [0.05, 0.1) is 4.58 Å². The maximum atomic E-state index is 13.7.